The summed E-state index contributed by atoms with van der Waals surface area (Å²) in [4.78, 5) is 0. The van der Waals surface area contributed by atoms with E-state index in [9.17, 15) is 5.11 Å². The van der Waals surface area contributed by atoms with Gasteiger partial charge in [-0.05, 0) is 52.7 Å². The molecule has 3 N–H and O–H groups in total. The maximum Gasteiger partial charge on any atom is 0.498 e. The highest BCUT2D eigenvalue weighted by Crippen LogP contribution is 2.37. The van der Waals surface area contributed by atoms with Crippen molar-refractivity contribution in [2.45, 2.75) is 58.3 Å². The fourth-order valence-corrected chi connectivity index (χ4v) is 2.36. The highest BCUT2D eigenvalue weighted by molar-refractivity contribution is 6.63. The van der Waals surface area contributed by atoms with Gasteiger partial charge in [-0.2, -0.15) is 0 Å². The van der Waals surface area contributed by atoms with E-state index in [0.717, 1.165) is 5.56 Å². The first-order valence-corrected chi connectivity index (χ1v) is 7.06. The average molecular weight is 277 g/mol. The molecular weight excluding hydrogens is 253 g/mol. The van der Waals surface area contributed by atoms with Crippen molar-refractivity contribution >= 4 is 12.6 Å². The lowest BCUT2D eigenvalue weighted by Gasteiger charge is -2.32. The van der Waals surface area contributed by atoms with Crippen LogP contribution in [0.5, 0.6) is 5.75 Å². The maximum absolute atomic E-state index is 10.2. The first kappa shape index (κ1) is 15.4. The summed E-state index contributed by atoms with van der Waals surface area (Å²) in [6, 6.07) is 5.45. The molecule has 2 rings (SSSR count). The van der Waals surface area contributed by atoms with Crippen LogP contribution in [0, 0.1) is 0 Å². The van der Waals surface area contributed by atoms with Crippen molar-refractivity contribution in [2.24, 2.45) is 5.73 Å². The summed E-state index contributed by atoms with van der Waals surface area (Å²) in [7, 11) is -0.560. The second-order valence-corrected chi connectivity index (χ2v) is 6.62. The molecular formula is C15H24BNO3. The fourth-order valence-electron chi connectivity index (χ4n) is 2.36. The van der Waals surface area contributed by atoms with Crippen molar-refractivity contribution in [3.63, 3.8) is 0 Å². The van der Waals surface area contributed by atoms with Crippen molar-refractivity contribution in [3.8, 4) is 5.75 Å². The zero-order valence-electron chi connectivity index (χ0n) is 12.9. The molecule has 0 radical (unpaired) electrons. The van der Waals surface area contributed by atoms with E-state index in [0.29, 0.717) is 11.9 Å². The quantitative estimate of drug-likeness (QED) is 0.823. The van der Waals surface area contributed by atoms with Gasteiger partial charge in [0.05, 0.1) is 11.2 Å². The Balaban J connectivity index is 2.39. The topological polar surface area (TPSA) is 64.7 Å². The molecule has 1 atom stereocenters. The second kappa shape index (κ2) is 5.06. The van der Waals surface area contributed by atoms with Crippen molar-refractivity contribution < 1.29 is 14.4 Å². The summed E-state index contributed by atoms with van der Waals surface area (Å²) in [5.74, 6) is 0.196. The van der Waals surface area contributed by atoms with Crippen LogP contribution in [-0.4, -0.2) is 29.5 Å². The summed E-state index contributed by atoms with van der Waals surface area (Å²) in [5.41, 5.74) is 6.70. The van der Waals surface area contributed by atoms with Crippen LogP contribution in [0.25, 0.3) is 0 Å². The highest BCUT2D eigenvalue weighted by Gasteiger charge is 2.52. The molecule has 1 aromatic carbocycles. The monoisotopic (exact) mass is 277 g/mol. The lowest BCUT2D eigenvalue weighted by atomic mass is 9.74. The number of hydrogen-bond acceptors (Lipinski definition) is 4. The van der Waals surface area contributed by atoms with E-state index in [1.165, 1.54) is 0 Å². The average Bonchev–Trinajstić information content (AvgIpc) is 2.46. The number of aromatic hydroxyl groups is 1. The van der Waals surface area contributed by atoms with Gasteiger partial charge in [-0.1, -0.05) is 12.1 Å². The molecule has 0 bridgehead atoms. The first-order valence-electron chi connectivity index (χ1n) is 7.06. The summed E-state index contributed by atoms with van der Waals surface area (Å²) in [6.07, 6.45) is 0.674. The molecule has 1 unspecified atom stereocenters. The Hall–Kier alpha value is -1.04. The van der Waals surface area contributed by atoms with Crippen LogP contribution in [0.4, 0.5) is 0 Å². The molecule has 0 aromatic heterocycles. The van der Waals surface area contributed by atoms with Crippen molar-refractivity contribution in [1.82, 2.24) is 0 Å². The van der Waals surface area contributed by atoms with Crippen LogP contribution in [0.15, 0.2) is 18.2 Å². The molecule has 1 aromatic rings. The molecule has 0 amide bonds. The zero-order valence-corrected chi connectivity index (χ0v) is 12.9. The van der Waals surface area contributed by atoms with Gasteiger partial charge in [0.2, 0.25) is 0 Å². The van der Waals surface area contributed by atoms with Crippen LogP contribution in [0.3, 0.4) is 0 Å². The predicted molar refractivity (Wildman–Crippen MR) is 81.2 cm³/mol. The Bertz CT molecular complexity index is 484. The summed E-state index contributed by atoms with van der Waals surface area (Å²) in [6.45, 7) is 9.94. The van der Waals surface area contributed by atoms with Gasteiger partial charge < -0.3 is 20.1 Å². The Labute approximate surface area is 121 Å². The summed E-state index contributed by atoms with van der Waals surface area (Å²) >= 11 is 0. The predicted octanol–water partition coefficient (Wildman–Crippen LogP) is 1.58. The van der Waals surface area contributed by atoms with E-state index >= 15 is 0 Å². The molecule has 5 heteroatoms. The Morgan fingerprint density at radius 2 is 1.75 bits per heavy atom. The van der Waals surface area contributed by atoms with Gasteiger partial charge in [0, 0.05) is 11.5 Å². The summed E-state index contributed by atoms with van der Waals surface area (Å²) < 4.78 is 12.1. The lowest BCUT2D eigenvalue weighted by Crippen LogP contribution is -2.41. The smallest absolute Gasteiger partial charge is 0.498 e. The molecule has 1 saturated heterocycles. The first-order chi connectivity index (χ1) is 9.14. The Morgan fingerprint density at radius 1 is 1.20 bits per heavy atom. The van der Waals surface area contributed by atoms with Gasteiger partial charge >= 0.3 is 7.12 Å². The van der Waals surface area contributed by atoms with Crippen LogP contribution >= 0.6 is 0 Å². The molecule has 1 heterocycles. The van der Waals surface area contributed by atoms with E-state index in [-0.39, 0.29) is 11.8 Å². The van der Waals surface area contributed by atoms with Crippen LogP contribution in [-0.2, 0) is 15.7 Å². The van der Waals surface area contributed by atoms with Gasteiger partial charge in [-0.15, -0.1) is 0 Å². The molecule has 1 fully saturated rings. The van der Waals surface area contributed by atoms with E-state index in [1.807, 2.05) is 46.8 Å². The number of phenols is 1. The number of benzene rings is 1. The van der Waals surface area contributed by atoms with E-state index in [2.05, 4.69) is 0 Å². The fraction of sp³-hybridized carbons (Fsp3) is 0.600. The third-order valence-corrected chi connectivity index (χ3v) is 4.20. The molecule has 0 saturated carbocycles. The highest BCUT2D eigenvalue weighted by atomic mass is 16.7. The van der Waals surface area contributed by atoms with Crippen molar-refractivity contribution in [1.29, 1.82) is 0 Å². The molecule has 110 valence electrons. The van der Waals surface area contributed by atoms with Crippen LogP contribution in [0.1, 0.15) is 40.2 Å². The van der Waals surface area contributed by atoms with E-state index in [1.54, 1.807) is 6.07 Å². The SMILES string of the molecule is CC(N)Cc1cccc(O)c1B1OC(C)(C)C(C)(C)O1. The number of nitrogens with two attached hydrogens (primary N) is 1. The normalized spacial score (nSPS) is 22.0. The minimum absolute atomic E-state index is 0.0120. The van der Waals surface area contributed by atoms with Gasteiger partial charge in [-0.25, -0.2) is 0 Å². The summed E-state index contributed by atoms with van der Waals surface area (Å²) in [5, 5.41) is 10.2. The third kappa shape index (κ3) is 2.71. The standard InChI is InChI=1S/C15H24BNO3/c1-10(17)9-11-7-6-8-12(18)13(11)16-19-14(2,3)15(4,5)20-16/h6-8,10,18H,9,17H2,1-5H3. The Kier molecular flexibility index (Phi) is 3.89. The van der Waals surface area contributed by atoms with Crippen molar-refractivity contribution in [3.05, 3.63) is 23.8 Å². The minimum atomic E-state index is -0.560. The molecule has 1 aliphatic rings. The van der Waals surface area contributed by atoms with Gasteiger partial charge in [0.25, 0.3) is 0 Å². The number of rotatable bonds is 3. The van der Waals surface area contributed by atoms with Gasteiger partial charge in [0.15, 0.2) is 0 Å². The number of phenolic OH excluding ortho intramolecular Hbond substituents is 1. The lowest BCUT2D eigenvalue weighted by molar-refractivity contribution is 0.00578. The molecule has 0 spiro atoms. The van der Waals surface area contributed by atoms with Gasteiger partial charge in [0.1, 0.15) is 5.75 Å². The largest absolute Gasteiger partial charge is 0.508 e. The van der Waals surface area contributed by atoms with Crippen LogP contribution < -0.4 is 11.2 Å². The molecule has 1 aliphatic heterocycles. The minimum Gasteiger partial charge on any atom is -0.508 e. The third-order valence-electron chi connectivity index (χ3n) is 4.20. The number of hydrogen-bond donors (Lipinski definition) is 2. The maximum atomic E-state index is 10.2. The molecule has 4 nitrogen and oxygen atoms in total. The van der Waals surface area contributed by atoms with Crippen molar-refractivity contribution in [2.75, 3.05) is 0 Å². The molecule has 20 heavy (non-hydrogen) atoms. The van der Waals surface area contributed by atoms with Gasteiger partial charge in [-0.3, -0.25) is 0 Å². The van der Waals surface area contributed by atoms with E-state index in [4.69, 9.17) is 15.0 Å². The van der Waals surface area contributed by atoms with E-state index < -0.39 is 18.3 Å². The second-order valence-electron chi connectivity index (χ2n) is 6.62. The molecule has 0 aliphatic carbocycles. The van der Waals surface area contributed by atoms with Crippen LogP contribution in [0.2, 0.25) is 0 Å². The Morgan fingerprint density at radius 3 is 2.25 bits per heavy atom. The zero-order chi connectivity index (χ0) is 15.1.